The van der Waals surface area contributed by atoms with Gasteiger partial charge in [-0.3, -0.25) is 4.98 Å². The highest BCUT2D eigenvalue weighted by Crippen LogP contribution is 2.51. The molecule has 0 spiro atoms. The Labute approximate surface area is 192 Å². The summed E-state index contributed by atoms with van der Waals surface area (Å²) in [6.07, 6.45) is 4.88. The fraction of sp³-hybridized carbons (Fsp3) is 0.296. The molecule has 33 heavy (non-hydrogen) atoms. The maximum atomic E-state index is 14.9. The fourth-order valence-corrected chi connectivity index (χ4v) is 5.43. The van der Waals surface area contributed by atoms with Crippen molar-refractivity contribution in [3.8, 4) is 22.6 Å². The van der Waals surface area contributed by atoms with Crippen molar-refractivity contribution in [2.24, 2.45) is 11.8 Å². The number of hydrogen-bond acceptors (Lipinski definition) is 4. The number of allylic oxidation sites excluding steroid dienone is 2. The number of hydrogen-bond donors (Lipinski definition) is 0. The van der Waals surface area contributed by atoms with Crippen LogP contribution in [0, 0.1) is 31.1 Å². The summed E-state index contributed by atoms with van der Waals surface area (Å²) in [4.78, 5) is 30.4. The smallest absolute Gasteiger partial charge is 0.226 e. The summed E-state index contributed by atoms with van der Waals surface area (Å²) < 4.78 is 14.9. The first-order valence-electron chi connectivity index (χ1n) is 11.1. The lowest BCUT2D eigenvalue weighted by molar-refractivity contribution is -0.121. The Balaban J connectivity index is 1.84. The average molecular weight is 439 g/mol. The summed E-state index contributed by atoms with van der Waals surface area (Å²) in [5.74, 6) is -0.229. The maximum absolute atomic E-state index is 14.9. The minimum absolute atomic E-state index is 0.0124. The highest BCUT2D eigenvalue weighted by atomic mass is 19.1. The minimum atomic E-state index is -0.624. The monoisotopic (exact) mass is 438 g/mol. The van der Waals surface area contributed by atoms with Crippen LogP contribution in [0.5, 0.6) is 0 Å². The number of fused-ring (bicyclic) bond motifs is 3. The lowest BCUT2D eigenvalue weighted by atomic mass is 9.58. The molecule has 0 unspecified atom stereocenters. The number of benzene rings is 1. The highest BCUT2D eigenvalue weighted by Gasteiger charge is 2.49. The van der Waals surface area contributed by atoms with Gasteiger partial charge in [0, 0.05) is 39.9 Å². The Hall–Kier alpha value is -3.72. The van der Waals surface area contributed by atoms with Crippen LogP contribution in [0.4, 0.5) is 4.39 Å². The van der Waals surface area contributed by atoms with Crippen molar-refractivity contribution >= 4 is 5.78 Å². The zero-order chi connectivity index (χ0) is 23.3. The largest absolute Gasteiger partial charge is 0.308 e. The van der Waals surface area contributed by atoms with Gasteiger partial charge in [0.15, 0.2) is 11.6 Å². The number of halogens is 1. The van der Waals surface area contributed by atoms with Crippen molar-refractivity contribution in [3.05, 3.63) is 88.6 Å². The Morgan fingerprint density at radius 3 is 2.73 bits per heavy atom. The number of aromatic nitrogens is 3. The molecule has 0 aliphatic heterocycles. The molecule has 1 aromatic carbocycles. The van der Waals surface area contributed by atoms with Crippen molar-refractivity contribution in [2.45, 2.75) is 39.0 Å². The predicted octanol–water partition coefficient (Wildman–Crippen LogP) is 5.50. The third-order valence-corrected chi connectivity index (χ3v) is 7.10. The molecule has 0 fully saturated rings. The molecular formula is C27H23FN4O. The van der Waals surface area contributed by atoms with E-state index in [0.717, 1.165) is 28.9 Å². The zero-order valence-corrected chi connectivity index (χ0v) is 18.8. The van der Waals surface area contributed by atoms with Gasteiger partial charge >= 0.3 is 0 Å². The lowest BCUT2D eigenvalue weighted by Crippen LogP contribution is -2.46. The molecule has 0 bridgehead atoms. The number of pyridine rings is 1. The van der Waals surface area contributed by atoms with Gasteiger partial charge in [-0.1, -0.05) is 32.1 Å². The number of ketones is 1. The van der Waals surface area contributed by atoms with Crippen LogP contribution in [0.3, 0.4) is 0 Å². The first-order valence-corrected chi connectivity index (χ1v) is 11.1. The molecule has 0 radical (unpaired) electrons. The normalized spacial score (nSPS) is 23.8. The number of Topliss-reactive ketones (excluding diaryl/α,β-unsaturated/α-hetero) is 1. The molecule has 0 N–H and O–H groups in total. The van der Waals surface area contributed by atoms with Crippen molar-refractivity contribution < 1.29 is 9.18 Å². The topological polar surface area (TPSA) is 60.1 Å². The van der Waals surface area contributed by atoms with E-state index in [0.29, 0.717) is 23.5 Å². The summed E-state index contributed by atoms with van der Waals surface area (Å²) in [5.41, 5.74) is 3.82. The van der Waals surface area contributed by atoms with E-state index in [1.165, 1.54) is 6.07 Å². The van der Waals surface area contributed by atoms with Gasteiger partial charge in [0.2, 0.25) is 5.70 Å². The second-order valence-electron chi connectivity index (χ2n) is 9.11. The Bertz CT molecular complexity index is 1370. The summed E-state index contributed by atoms with van der Waals surface area (Å²) in [6.45, 7) is 13.4. The van der Waals surface area contributed by atoms with Crippen LogP contribution in [0.2, 0.25) is 0 Å². The molecule has 2 heterocycles. The van der Waals surface area contributed by atoms with Gasteiger partial charge in [0.1, 0.15) is 5.82 Å². The van der Waals surface area contributed by atoms with Crippen LogP contribution in [0.1, 0.15) is 37.2 Å². The molecule has 0 saturated carbocycles. The van der Waals surface area contributed by atoms with Gasteiger partial charge in [0.25, 0.3) is 0 Å². The first-order chi connectivity index (χ1) is 15.8. The van der Waals surface area contributed by atoms with E-state index in [-0.39, 0.29) is 29.1 Å². The number of aryl methyl sites for hydroxylation is 1. The average Bonchev–Trinajstić information content (AvgIpc) is 2.81. The second kappa shape index (κ2) is 7.70. The van der Waals surface area contributed by atoms with Crippen LogP contribution in [0.25, 0.3) is 27.5 Å². The van der Waals surface area contributed by atoms with Crippen molar-refractivity contribution in [3.63, 3.8) is 0 Å². The SMILES string of the molecule is [C-]#[N+]C1=C[C@@]2(C)c3nc(-c4ccnc(C)c4)nc(-c4ccccc4F)c3CC[C@@H]2[C@@H](C)C1=O. The molecule has 5 nitrogen and oxygen atoms in total. The highest BCUT2D eigenvalue weighted by molar-refractivity contribution is 6.00. The van der Waals surface area contributed by atoms with Gasteiger partial charge < -0.3 is 4.79 Å². The molecule has 6 heteroatoms. The molecule has 0 saturated heterocycles. The lowest BCUT2D eigenvalue weighted by Gasteiger charge is -2.46. The van der Waals surface area contributed by atoms with Crippen LogP contribution >= 0.6 is 0 Å². The molecule has 2 aromatic heterocycles. The van der Waals surface area contributed by atoms with E-state index in [2.05, 4.69) is 9.83 Å². The van der Waals surface area contributed by atoms with Gasteiger partial charge in [-0.05, 0) is 49.9 Å². The molecule has 5 rings (SSSR count). The number of rotatable bonds is 2. The Morgan fingerprint density at radius 2 is 2.00 bits per heavy atom. The standard InChI is InChI=1S/C27H23FN4O/c1-15-13-17(11-12-30-15)26-31-23(18-7-5-6-8-21(18)28)19-9-10-20-16(2)24(33)22(29-4)14-27(20,3)25(19)32-26/h5-8,11-14,16,20H,9-10H2,1-3H3/t16-,20-,27-/m1/s1. The molecule has 0 amide bonds. The van der Waals surface area contributed by atoms with Crippen molar-refractivity contribution in [1.29, 1.82) is 0 Å². The fourth-order valence-electron chi connectivity index (χ4n) is 5.43. The summed E-state index contributed by atoms with van der Waals surface area (Å²) in [7, 11) is 0. The van der Waals surface area contributed by atoms with Crippen LogP contribution in [-0.4, -0.2) is 20.7 Å². The van der Waals surface area contributed by atoms with Crippen LogP contribution < -0.4 is 0 Å². The van der Waals surface area contributed by atoms with E-state index in [9.17, 15) is 9.18 Å². The molecule has 2 aliphatic rings. The van der Waals surface area contributed by atoms with E-state index < -0.39 is 5.41 Å². The van der Waals surface area contributed by atoms with Crippen molar-refractivity contribution in [2.75, 3.05) is 0 Å². The zero-order valence-electron chi connectivity index (χ0n) is 18.8. The molecular weight excluding hydrogens is 415 g/mol. The van der Waals surface area contributed by atoms with E-state index in [4.69, 9.17) is 16.5 Å². The Morgan fingerprint density at radius 1 is 1.21 bits per heavy atom. The van der Waals surface area contributed by atoms with Gasteiger partial charge in [-0.15, -0.1) is 0 Å². The third kappa shape index (κ3) is 3.27. The maximum Gasteiger partial charge on any atom is 0.226 e. The number of carbonyl (C=O) groups is 1. The predicted molar refractivity (Wildman–Crippen MR) is 123 cm³/mol. The molecule has 3 aromatic rings. The van der Waals surface area contributed by atoms with Crippen molar-refractivity contribution in [1.82, 2.24) is 15.0 Å². The first kappa shape index (κ1) is 21.1. The number of nitrogens with zero attached hydrogens (tertiary/aromatic N) is 4. The number of carbonyl (C=O) groups excluding carboxylic acids is 1. The van der Waals surface area contributed by atoms with Gasteiger partial charge in [-0.25, -0.2) is 19.2 Å². The third-order valence-electron chi connectivity index (χ3n) is 7.10. The molecule has 2 aliphatic carbocycles. The molecule has 164 valence electrons. The van der Waals surface area contributed by atoms with Gasteiger partial charge in [-0.2, -0.15) is 0 Å². The van der Waals surface area contributed by atoms with E-state index in [1.54, 1.807) is 30.5 Å². The summed E-state index contributed by atoms with van der Waals surface area (Å²) in [6, 6.07) is 10.4. The van der Waals surface area contributed by atoms with E-state index in [1.807, 2.05) is 32.9 Å². The van der Waals surface area contributed by atoms with Crippen LogP contribution in [-0.2, 0) is 16.6 Å². The van der Waals surface area contributed by atoms with Gasteiger partial charge in [0.05, 0.1) is 18.0 Å². The quantitative estimate of drug-likeness (QED) is 0.496. The molecule has 3 atom stereocenters. The second-order valence-corrected chi connectivity index (χ2v) is 9.11. The summed E-state index contributed by atoms with van der Waals surface area (Å²) >= 11 is 0. The Kier molecular flexibility index (Phi) is 4.93. The summed E-state index contributed by atoms with van der Waals surface area (Å²) in [5, 5.41) is 0. The minimum Gasteiger partial charge on any atom is -0.308 e. The van der Waals surface area contributed by atoms with Crippen LogP contribution in [0.15, 0.2) is 54.4 Å². The van der Waals surface area contributed by atoms with E-state index >= 15 is 0 Å².